The van der Waals surface area contributed by atoms with Gasteiger partial charge in [-0.1, -0.05) is 6.07 Å². The molecule has 1 aliphatic rings. The van der Waals surface area contributed by atoms with Gasteiger partial charge in [0.25, 0.3) is 16.1 Å². The number of nitrogens with one attached hydrogen (secondary N) is 2. The van der Waals surface area contributed by atoms with Crippen molar-refractivity contribution in [2.75, 3.05) is 26.1 Å². The number of hydrogen-bond donors (Lipinski definition) is 3. The second kappa shape index (κ2) is 18.4. The number of rotatable bonds is 6. The second-order valence-corrected chi connectivity index (χ2v) is 11.7. The van der Waals surface area contributed by atoms with Crippen LogP contribution in [0.1, 0.15) is 54.0 Å². The number of anilines is 1. The van der Waals surface area contributed by atoms with Gasteiger partial charge >= 0.3 is 35.5 Å². The van der Waals surface area contributed by atoms with Crippen LogP contribution in [0.3, 0.4) is 0 Å². The van der Waals surface area contributed by atoms with Crippen molar-refractivity contribution < 1.29 is 84.1 Å². The Balaban J connectivity index is 0. The maximum atomic E-state index is 13.2. The molecule has 2 aromatic rings. The van der Waals surface area contributed by atoms with Crippen LogP contribution in [-0.2, 0) is 30.7 Å². The number of benzene rings is 2. The number of amides is 1. The van der Waals surface area contributed by atoms with Crippen molar-refractivity contribution in [3.63, 3.8) is 0 Å². The minimum absolute atomic E-state index is 0. The van der Waals surface area contributed by atoms with Gasteiger partial charge in [0.05, 0.1) is 24.1 Å². The predicted molar refractivity (Wildman–Crippen MR) is 143 cm³/mol. The first-order valence-electron chi connectivity index (χ1n) is 11.6. The molecule has 232 valence electrons. The number of carbonyl (C=O) groups excluding carboxylic acids is 2. The van der Waals surface area contributed by atoms with Gasteiger partial charge in [-0.3, -0.25) is 9.52 Å². The van der Waals surface area contributed by atoms with Crippen LogP contribution in [0.4, 0.5) is 18.9 Å². The van der Waals surface area contributed by atoms with E-state index in [1.807, 2.05) is 4.72 Å². The van der Waals surface area contributed by atoms with E-state index in [1.165, 1.54) is 6.07 Å². The smallest absolute Gasteiger partial charge is 0.857 e. The molecule has 12 nitrogen and oxygen atoms in total. The normalized spacial score (nSPS) is 13.2. The summed E-state index contributed by atoms with van der Waals surface area (Å²) in [5.74, 6) is -5.02. The fraction of sp³-hybridized carbons (Fsp3) is 0.417. The van der Waals surface area contributed by atoms with Crippen molar-refractivity contribution in [1.29, 1.82) is 0 Å². The van der Waals surface area contributed by atoms with E-state index >= 15 is 0 Å². The van der Waals surface area contributed by atoms with E-state index in [1.54, 1.807) is 27.7 Å². The van der Waals surface area contributed by atoms with E-state index in [-0.39, 0.29) is 40.9 Å². The number of sulfonamides is 1. The Bertz CT molecular complexity index is 1430. The number of fused-ring (bicyclic) bond motifs is 1. The van der Waals surface area contributed by atoms with E-state index < -0.39 is 72.9 Å². The van der Waals surface area contributed by atoms with Gasteiger partial charge in [-0.05, 0) is 51.5 Å². The second-order valence-electron chi connectivity index (χ2n) is 8.43. The number of aliphatic hydroxyl groups excluding tert-OH is 1. The Morgan fingerprint density at radius 3 is 2.05 bits per heavy atom. The third-order valence-electron chi connectivity index (χ3n) is 4.71. The van der Waals surface area contributed by atoms with Crippen LogP contribution in [0.2, 0.25) is 0 Å². The summed E-state index contributed by atoms with van der Waals surface area (Å²) in [4.78, 5) is 23.4. The third-order valence-corrected chi connectivity index (χ3v) is 7.84. The third kappa shape index (κ3) is 11.8. The molecule has 0 fully saturated rings. The van der Waals surface area contributed by atoms with Gasteiger partial charge in [0.15, 0.2) is 11.6 Å². The number of carbonyl (C=O) groups is 2. The topological polar surface area (TPSA) is 182 Å². The number of halogens is 3. The summed E-state index contributed by atoms with van der Waals surface area (Å²) in [6.45, 7) is 6.37. The minimum Gasteiger partial charge on any atom is -0.857 e. The molecule has 0 bridgehead atoms. The van der Waals surface area contributed by atoms with Crippen LogP contribution >= 0.6 is 0 Å². The summed E-state index contributed by atoms with van der Waals surface area (Å²) >= 11 is 0. The monoisotopic (exact) mass is 651 g/mol. The number of esters is 1. The van der Waals surface area contributed by atoms with Crippen molar-refractivity contribution in [2.24, 2.45) is 0 Å². The maximum Gasteiger partial charge on any atom is 1.00 e. The maximum absolute atomic E-state index is 13.2. The Kier molecular flexibility index (Phi) is 18.4. The van der Waals surface area contributed by atoms with E-state index in [4.69, 9.17) is 10.2 Å². The van der Waals surface area contributed by atoms with Crippen molar-refractivity contribution >= 4 is 37.8 Å². The molecular weight excluding hydrogens is 618 g/mol. The molecule has 0 spiro atoms. The first-order valence-corrected chi connectivity index (χ1v) is 14.7. The quantitative estimate of drug-likeness (QED) is 0.248. The minimum atomic E-state index is -4.02. The molecule has 42 heavy (non-hydrogen) atoms. The van der Waals surface area contributed by atoms with Gasteiger partial charge < -0.3 is 14.9 Å². The Hall–Kier alpha value is -2.25. The molecule has 0 saturated heterocycles. The number of hydrogen-bond acceptors (Lipinski definition) is 9. The van der Waals surface area contributed by atoms with Crippen LogP contribution in [0.25, 0.3) is 0 Å². The molecule has 0 aliphatic carbocycles. The van der Waals surface area contributed by atoms with Crippen molar-refractivity contribution in [1.82, 2.24) is 9.03 Å². The van der Waals surface area contributed by atoms with Gasteiger partial charge in [0.2, 0.25) is 10.0 Å². The number of ether oxygens (including phenoxy) is 1. The Morgan fingerprint density at radius 2 is 1.57 bits per heavy atom. The van der Waals surface area contributed by atoms with Crippen molar-refractivity contribution in [3.05, 3.63) is 64.5 Å². The first kappa shape index (κ1) is 41.9. The van der Waals surface area contributed by atoms with Gasteiger partial charge in [-0.25, -0.2) is 30.7 Å². The Labute approximate surface area is 265 Å². The van der Waals surface area contributed by atoms with E-state index in [2.05, 4.69) is 9.46 Å². The zero-order valence-corrected chi connectivity index (χ0v) is 28.0. The molecule has 0 radical (unpaired) electrons. The Morgan fingerprint density at radius 1 is 1.05 bits per heavy atom. The number of aliphatic hydroxyl groups is 1. The van der Waals surface area contributed by atoms with Crippen molar-refractivity contribution in [2.45, 2.75) is 45.5 Å². The molecule has 0 atom stereocenters. The standard InChI is InChI=1S/C11H14F2N2O4S.C11H12FNO3S.CH4O.CH3O.Na/c1-6(2)14-20(17,18)15-10-5-9(13)8(12)4-7(10)11(16)19-3;1-7(2)13-11(14)10-5-9(12)4-3-8(10)6-17(13,15)16;2*1-2;/h4-6,14-15H,1-3H3;3-5,7H,6H2,1-2H3;2H,1H3;1H3;/q;;;-1;+1. The van der Waals surface area contributed by atoms with E-state index in [9.17, 15) is 39.6 Å². The molecule has 2 aromatic carbocycles. The predicted octanol–water partition coefficient (Wildman–Crippen LogP) is -1.49. The van der Waals surface area contributed by atoms with Gasteiger partial charge in [0, 0.05) is 30.8 Å². The van der Waals surface area contributed by atoms with Crippen LogP contribution in [-0.4, -0.2) is 71.5 Å². The largest absolute Gasteiger partial charge is 1.00 e. The van der Waals surface area contributed by atoms with Gasteiger partial charge in [0.1, 0.15) is 5.82 Å². The van der Waals surface area contributed by atoms with Crippen LogP contribution < -0.4 is 44.1 Å². The summed E-state index contributed by atoms with van der Waals surface area (Å²) in [5, 5.41) is 15.2. The summed E-state index contributed by atoms with van der Waals surface area (Å²) < 4.78 is 95.8. The molecule has 1 aliphatic heterocycles. The van der Waals surface area contributed by atoms with Gasteiger partial charge in [-0.15, -0.1) is 0 Å². The molecule has 3 rings (SSSR count). The van der Waals surface area contributed by atoms with Crippen LogP contribution in [0, 0.1) is 17.5 Å². The van der Waals surface area contributed by atoms with E-state index in [0.29, 0.717) is 17.7 Å². The fourth-order valence-electron chi connectivity index (χ4n) is 3.34. The average molecular weight is 652 g/mol. The van der Waals surface area contributed by atoms with Crippen molar-refractivity contribution in [3.8, 4) is 0 Å². The SMILES string of the molecule is CC(C)N1C(=O)c2cc(F)ccc2CS1(=O)=O.CO.COC(=O)c1cc(F)c(F)cc1NS(=O)(=O)NC(C)C.C[O-].[Na+]. The molecule has 0 unspecified atom stereocenters. The number of methoxy groups -OCH3 is 1. The zero-order chi connectivity index (χ0) is 32.3. The fourth-order valence-corrected chi connectivity index (χ4v) is 6.25. The van der Waals surface area contributed by atoms with E-state index in [0.717, 1.165) is 37.8 Å². The van der Waals surface area contributed by atoms with Crippen LogP contribution in [0.15, 0.2) is 30.3 Å². The molecule has 0 aromatic heterocycles. The average Bonchev–Trinajstić information content (AvgIpc) is 2.87. The van der Waals surface area contributed by atoms with Crippen LogP contribution in [0.5, 0.6) is 0 Å². The summed E-state index contributed by atoms with van der Waals surface area (Å²) in [5.41, 5.74) is -0.355. The first-order chi connectivity index (χ1) is 19.0. The molecule has 1 amide bonds. The molecule has 3 N–H and O–H groups in total. The zero-order valence-electron chi connectivity index (χ0n) is 24.4. The molecule has 1 heterocycles. The summed E-state index contributed by atoms with van der Waals surface area (Å²) in [6, 6.07) is 3.84. The summed E-state index contributed by atoms with van der Waals surface area (Å²) in [6.07, 6.45) is 0. The molecular formula is C24H33F3N3NaO9S2. The number of nitrogens with zero attached hydrogens (tertiary/aromatic N) is 1. The summed E-state index contributed by atoms with van der Waals surface area (Å²) in [7, 11) is -4.88. The van der Waals surface area contributed by atoms with Gasteiger partial charge in [-0.2, -0.15) is 20.2 Å². The molecule has 18 heteroatoms. The molecule has 0 saturated carbocycles.